The molecule has 0 aliphatic carbocycles. The molecule has 66 valence electrons. The second-order valence-electron chi connectivity index (χ2n) is 2.54. The Hall–Kier alpha value is -0.930. The van der Waals surface area contributed by atoms with E-state index in [-0.39, 0.29) is 6.61 Å². The molecule has 0 amide bonds. The quantitative estimate of drug-likeness (QED) is 0.605. The highest BCUT2D eigenvalue weighted by Gasteiger charge is 2.04. The van der Waals surface area contributed by atoms with Crippen molar-refractivity contribution in [3.8, 4) is 0 Å². The van der Waals surface area contributed by atoms with E-state index >= 15 is 0 Å². The second kappa shape index (κ2) is 3.65. The lowest BCUT2D eigenvalue weighted by molar-refractivity contribution is 0.300. The van der Waals surface area contributed by atoms with Crippen molar-refractivity contribution in [1.82, 2.24) is 0 Å². The summed E-state index contributed by atoms with van der Waals surface area (Å²) in [6.07, 6.45) is 0.467. The summed E-state index contributed by atoms with van der Waals surface area (Å²) in [6.45, 7) is 0.0377. The van der Waals surface area contributed by atoms with Crippen LogP contribution in [0, 0.1) is 0 Å². The van der Waals surface area contributed by atoms with Crippen LogP contribution in [0.15, 0.2) is 12.1 Å². The Balaban J connectivity index is 3.10. The van der Waals surface area contributed by atoms with Crippen molar-refractivity contribution in [2.24, 2.45) is 0 Å². The molecular formula is C8H11ClN2O. The van der Waals surface area contributed by atoms with Gasteiger partial charge in [0.1, 0.15) is 0 Å². The Bertz CT molecular complexity index is 265. The normalized spacial score (nSPS) is 10.2. The van der Waals surface area contributed by atoms with Gasteiger partial charge in [0, 0.05) is 28.6 Å². The molecule has 0 radical (unpaired) electrons. The number of anilines is 2. The topological polar surface area (TPSA) is 72.3 Å². The zero-order valence-electron chi connectivity index (χ0n) is 6.55. The number of aliphatic hydroxyl groups is 1. The third-order valence-corrected chi connectivity index (χ3v) is 1.86. The number of nitrogens with two attached hydrogens (primary N) is 2. The van der Waals surface area contributed by atoms with Crippen LogP contribution in [0.25, 0.3) is 0 Å². The maximum Gasteiger partial charge on any atom is 0.0473 e. The molecule has 5 N–H and O–H groups in total. The molecular weight excluding hydrogens is 176 g/mol. The van der Waals surface area contributed by atoms with Gasteiger partial charge in [0.2, 0.25) is 0 Å². The Labute approximate surface area is 75.9 Å². The molecule has 0 saturated carbocycles. The van der Waals surface area contributed by atoms with E-state index in [1.165, 1.54) is 0 Å². The van der Waals surface area contributed by atoms with Gasteiger partial charge in [0.25, 0.3) is 0 Å². The largest absolute Gasteiger partial charge is 0.398 e. The molecule has 3 nitrogen and oxygen atoms in total. The Morgan fingerprint density at radius 2 is 1.75 bits per heavy atom. The van der Waals surface area contributed by atoms with Crippen LogP contribution in [-0.2, 0) is 6.42 Å². The minimum Gasteiger partial charge on any atom is -0.398 e. The summed E-state index contributed by atoms with van der Waals surface area (Å²) in [6, 6.07) is 3.26. The summed E-state index contributed by atoms with van der Waals surface area (Å²) in [5.74, 6) is 0. The van der Waals surface area contributed by atoms with Gasteiger partial charge < -0.3 is 16.6 Å². The van der Waals surface area contributed by atoms with Crippen LogP contribution in [0.5, 0.6) is 0 Å². The molecule has 0 fully saturated rings. The fourth-order valence-electron chi connectivity index (χ4n) is 1.08. The zero-order chi connectivity index (χ0) is 9.14. The van der Waals surface area contributed by atoms with Crippen molar-refractivity contribution >= 4 is 23.0 Å². The average Bonchev–Trinajstić information content (AvgIpc) is 1.96. The average molecular weight is 187 g/mol. The third-order valence-electron chi connectivity index (χ3n) is 1.65. The highest BCUT2D eigenvalue weighted by molar-refractivity contribution is 6.31. The molecule has 0 bridgehead atoms. The molecule has 0 aliphatic rings. The van der Waals surface area contributed by atoms with Crippen LogP contribution >= 0.6 is 11.6 Å². The van der Waals surface area contributed by atoms with Crippen LogP contribution < -0.4 is 11.5 Å². The van der Waals surface area contributed by atoms with Crippen molar-refractivity contribution in [2.75, 3.05) is 18.1 Å². The fraction of sp³-hybridized carbons (Fsp3) is 0.250. The number of nitrogen functional groups attached to an aromatic ring is 2. The summed E-state index contributed by atoms with van der Waals surface area (Å²) < 4.78 is 0. The minimum absolute atomic E-state index is 0.0377. The van der Waals surface area contributed by atoms with Gasteiger partial charge >= 0.3 is 0 Å². The van der Waals surface area contributed by atoms with E-state index in [0.717, 1.165) is 5.56 Å². The van der Waals surface area contributed by atoms with Gasteiger partial charge in [-0.05, 0) is 18.6 Å². The van der Waals surface area contributed by atoms with E-state index in [4.69, 9.17) is 28.2 Å². The van der Waals surface area contributed by atoms with Crippen molar-refractivity contribution in [3.05, 3.63) is 22.7 Å². The number of benzene rings is 1. The summed E-state index contributed by atoms with van der Waals surface area (Å²) in [7, 11) is 0. The van der Waals surface area contributed by atoms with E-state index < -0.39 is 0 Å². The summed E-state index contributed by atoms with van der Waals surface area (Å²) >= 11 is 5.70. The maximum absolute atomic E-state index is 8.69. The van der Waals surface area contributed by atoms with Crippen LogP contribution in [0.4, 0.5) is 11.4 Å². The number of rotatable bonds is 2. The van der Waals surface area contributed by atoms with Crippen LogP contribution in [-0.4, -0.2) is 11.7 Å². The fourth-order valence-corrected chi connectivity index (χ4v) is 1.32. The molecule has 0 aliphatic heterocycles. The monoisotopic (exact) mass is 186 g/mol. The Kier molecular flexibility index (Phi) is 2.78. The highest BCUT2D eigenvalue weighted by Crippen LogP contribution is 2.25. The predicted molar refractivity (Wildman–Crippen MR) is 51.1 cm³/mol. The van der Waals surface area contributed by atoms with E-state index in [1.54, 1.807) is 12.1 Å². The summed E-state index contributed by atoms with van der Waals surface area (Å²) in [4.78, 5) is 0. The van der Waals surface area contributed by atoms with Gasteiger partial charge in [-0.15, -0.1) is 0 Å². The molecule has 0 aromatic heterocycles. The number of aliphatic hydroxyl groups excluding tert-OH is 1. The summed E-state index contributed by atoms with van der Waals surface area (Å²) in [5.41, 5.74) is 13.1. The van der Waals surface area contributed by atoms with E-state index in [2.05, 4.69) is 0 Å². The van der Waals surface area contributed by atoms with Crippen molar-refractivity contribution in [1.29, 1.82) is 0 Å². The Morgan fingerprint density at radius 3 is 2.17 bits per heavy atom. The first-order chi connectivity index (χ1) is 5.65. The van der Waals surface area contributed by atoms with E-state index in [0.29, 0.717) is 22.8 Å². The highest BCUT2D eigenvalue weighted by atomic mass is 35.5. The van der Waals surface area contributed by atoms with Crippen molar-refractivity contribution in [2.45, 2.75) is 6.42 Å². The van der Waals surface area contributed by atoms with Gasteiger partial charge in [-0.2, -0.15) is 0 Å². The SMILES string of the molecule is Nc1cc(Cl)cc(N)c1CCO. The molecule has 0 unspecified atom stereocenters. The number of hydrogen-bond acceptors (Lipinski definition) is 3. The maximum atomic E-state index is 8.69. The Morgan fingerprint density at radius 1 is 1.25 bits per heavy atom. The lowest BCUT2D eigenvalue weighted by Crippen LogP contribution is -2.02. The van der Waals surface area contributed by atoms with Crippen LogP contribution in [0.3, 0.4) is 0 Å². The lowest BCUT2D eigenvalue weighted by Gasteiger charge is -2.07. The lowest BCUT2D eigenvalue weighted by atomic mass is 10.1. The minimum atomic E-state index is 0.0377. The molecule has 0 saturated heterocycles. The number of hydrogen-bond donors (Lipinski definition) is 3. The molecule has 1 rings (SSSR count). The summed E-state index contributed by atoms with van der Waals surface area (Å²) in [5, 5.41) is 9.21. The van der Waals surface area contributed by atoms with Crippen LogP contribution in [0.1, 0.15) is 5.56 Å². The van der Waals surface area contributed by atoms with Gasteiger partial charge in [0.05, 0.1) is 0 Å². The first kappa shape index (κ1) is 9.16. The zero-order valence-corrected chi connectivity index (χ0v) is 7.30. The molecule has 0 atom stereocenters. The molecule has 1 aromatic carbocycles. The molecule has 0 spiro atoms. The molecule has 1 aromatic rings. The third kappa shape index (κ3) is 1.81. The van der Waals surface area contributed by atoms with Gasteiger partial charge in [-0.25, -0.2) is 0 Å². The van der Waals surface area contributed by atoms with E-state index in [1.807, 2.05) is 0 Å². The van der Waals surface area contributed by atoms with E-state index in [9.17, 15) is 0 Å². The first-order valence-corrected chi connectivity index (χ1v) is 3.97. The second-order valence-corrected chi connectivity index (χ2v) is 2.97. The predicted octanol–water partition coefficient (Wildman–Crippen LogP) is 1.04. The molecule has 4 heteroatoms. The molecule has 12 heavy (non-hydrogen) atoms. The van der Waals surface area contributed by atoms with Crippen molar-refractivity contribution < 1.29 is 5.11 Å². The van der Waals surface area contributed by atoms with Crippen molar-refractivity contribution in [3.63, 3.8) is 0 Å². The van der Waals surface area contributed by atoms with Gasteiger partial charge in [-0.1, -0.05) is 11.6 Å². The number of halogens is 1. The van der Waals surface area contributed by atoms with Gasteiger partial charge in [0.15, 0.2) is 0 Å². The van der Waals surface area contributed by atoms with Crippen LogP contribution in [0.2, 0.25) is 5.02 Å². The first-order valence-electron chi connectivity index (χ1n) is 3.59. The smallest absolute Gasteiger partial charge is 0.0473 e. The van der Waals surface area contributed by atoms with Gasteiger partial charge in [-0.3, -0.25) is 0 Å². The standard InChI is InChI=1S/C8H11ClN2O/c9-5-3-7(10)6(1-2-12)8(11)4-5/h3-4,12H,1-2,10-11H2. The molecule has 0 heterocycles.